The zero-order valence-corrected chi connectivity index (χ0v) is 20.0. The van der Waals surface area contributed by atoms with Crippen molar-refractivity contribution in [2.45, 2.75) is 70.4 Å². The third-order valence-electron chi connectivity index (χ3n) is 6.56. The third-order valence-corrected chi connectivity index (χ3v) is 6.56. The molecule has 4 rings (SSSR count). The summed E-state index contributed by atoms with van der Waals surface area (Å²) in [5, 5.41) is 3.28. The molecule has 5 heteroatoms. The molecule has 0 aromatic heterocycles. The highest BCUT2D eigenvalue weighted by atomic mass is 16.6. The largest absolute Gasteiger partial charge is 0.444 e. The first-order chi connectivity index (χ1) is 15.8. The number of nitrogens with one attached hydrogen (secondary N) is 1. The van der Waals surface area contributed by atoms with E-state index in [9.17, 15) is 9.59 Å². The van der Waals surface area contributed by atoms with Crippen molar-refractivity contribution >= 4 is 12.0 Å². The fourth-order valence-electron chi connectivity index (χ4n) is 4.54. The van der Waals surface area contributed by atoms with E-state index in [0.717, 1.165) is 24.8 Å². The molecule has 2 aromatic carbocycles. The lowest BCUT2D eigenvalue weighted by atomic mass is 9.87. The fourth-order valence-corrected chi connectivity index (χ4v) is 4.54. The summed E-state index contributed by atoms with van der Waals surface area (Å²) in [6.45, 7) is 7.06. The Morgan fingerprint density at radius 1 is 0.970 bits per heavy atom. The van der Waals surface area contributed by atoms with Crippen molar-refractivity contribution in [1.82, 2.24) is 10.2 Å². The molecule has 1 saturated carbocycles. The second-order valence-corrected chi connectivity index (χ2v) is 10.5. The fraction of sp³-hybridized carbons (Fsp3) is 0.500. The molecule has 1 aliphatic heterocycles. The molecule has 1 unspecified atom stereocenters. The van der Waals surface area contributed by atoms with Gasteiger partial charge in [0.1, 0.15) is 5.60 Å². The topological polar surface area (TPSA) is 58.6 Å². The Balaban J connectivity index is 1.37. The van der Waals surface area contributed by atoms with E-state index in [4.69, 9.17) is 4.74 Å². The molecule has 1 saturated heterocycles. The number of carbonyl (C=O) groups excluding carboxylic acids is 2. The highest BCUT2D eigenvalue weighted by molar-refractivity contribution is 5.94. The molecule has 1 atom stereocenters. The summed E-state index contributed by atoms with van der Waals surface area (Å²) in [5.41, 5.74) is 2.69. The van der Waals surface area contributed by atoms with Crippen LogP contribution in [-0.2, 0) is 4.74 Å². The molecule has 5 nitrogen and oxygen atoms in total. The maximum Gasteiger partial charge on any atom is 0.410 e. The van der Waals surface area contributed by atoms with Crippen LogP contribution >= 0.6 is 0 Å². The van der Waals surface area contributed by atoms with Gasteiger partial charge in [-0.15, -0.1) is 0 Å². The zero-order chi connectivity index (χ0) is 23.4. The van der Waals surface area contributed by atoms with Crippen LogP contribution in [0.1, 0.15) is 86.3 Å². The van der Waals surface area contributed by atoms with Crippen LogP contribution in [0.4, 0.5) is 4.79 Å². The van der Waals surface area contributed by atoms with E-state index in [1.165, 1.54) is 18.4 Å². The average Bonchev–Trinajstić information content (AvgIpc) is 3.64. The number of amides is 2. The molecule has 1 heterocycles. The Bertz CT molecular complexity index is 937. The van der Waals surface area contributed by atoms with Crippen molar-refractivity contribution in [3.8, 4) is 0 Å². The van der Waals surface area contributed by atoms with Crippen LogP contribution in [-0.4, -0.2) is 35.6 Å². The molecule has 2 fully saturated rings. The molecule has 0 spiro atoms. The van der Waals surface area contributed by atoms with Crippen LogP contribution in [0.5, 0.6) is 0 Å². The van der Waals surface area contributed by atoms with Gasteiger partial charge in [-0.05, 0) is 88.0 Å². The minimum absolute atomic E-state index is 0.0302. The molecule has 0 radical (unpaired) electrons. The highest BCUT2D eigenvalue weighted by Crippen LogP contribution is 2.40. The number of hydrogen-bond donors (Lipinski definition) is 1. The number of ether oxygens (including phenoxy) is 1. The van der Waals surface area contributed by atoms with Crippen LogP contribution in [0.15, 0.2) is 54.6 Å². The van der Waals surface area contributed by atoms with Crippen molar-refractivity contribution in [3.05, 3.63) is 71.3 Å². The molecule has 1 N–H and O–H groups in total. The first-order valence-electron chi connectivity index (χ1n) is 12.2. The quantitative estimate of drug-likeness (QED) is 0.583. The summed E-state index contributed by atoms with van der Waals surface area (Å²) < 4.78 is 5.52. The number of likely N-dealkylation sites (tertiary alicyclic amines) is 1. The third kappa shape index (κ3) is 6.59. The summed E-state index contributed by atoms with van der Waals surface area (Å²) >= 11 is 0. The van der Waals surface area contributed by atoms with E-state index in [2.05, 4.69) is 29.6 Å². The van der Waals surface area contributed by atoms with Gasteiger partial charge in [-0.3, -0.25) is 4.79 Å². The molecular weight excluding hydrogens is 412 g/mol. The molecule has 2 aromatic rings. The van der Waals surface area contributed by atoms with Crippen molar-refractivity contribution < 1.29 is 14.3 Å². The van der Waals surface area contributed by atoms with Crippen molar-refractivity contribution in [2.75, 3.05) is 13.1 Å². The summed E-state index contributed by atoms with van der Waals surface area (Å²) in [7, 11) is 0. The summed E-state index contributed by atoms with van der Waals surface area (Å²) in [5.74, 6) is 1.09. The number of piperidine rings is 1. The Morgan fingerprint density at radius 3 is 2.18 bits per heavy atom. The first-order valence-corrected chi connectivity index (χ1v) is 12.2. The van der Waals surface area contributed by atoms with Crippen molar-refractivity contribution in [1.29, 1.82) is 0 Å². The zero-order valence-electron chi connectivity index (χ0n) is 20.0. The Hall–Kier alpha value is -2.82. The number of rotatable bonds is 6. The second-order valence-electron chi connectivity index (χ2n) is 10.5. The predicted octanol–water partition coefficient (Wildman–Crippen LogP) is 6.07. The summed E-state index contributed by atoms with van der Waals surface area (Å²) in [6.07, 6.45) is 4.97. The normalized spacial score (nSPS) is 18.0. The molecule has 0 bridgehead atoms. The monoisotopic (exact) mass is 448 g/mol. The van der Waals surface area contributed by atoms with Crippen LogP contribution in [0.2, 0.25) is 0 Å². The molecule has 176 valence electrons. The van der Waals surface area contributed by atoms with E-state index in [1.807, 2.05) is 51.1 Å². The minimum atomic E-state index is -0.479. The number of carbonyl (C=O) groups is 2. The number of nitrogens with zero attached hydrogens (tertiary/aromatic N) is 1. The highest BCUT2D eigenvalue weighted by Gasteiger charge is 2.29. The molecule has 2 aliphatic rings. The maximum atomic E-state index is 13.1. The van der Waals surface area contributed by atoms with Gasteiger partial charge in [0.25, 0.3) is 5.91 Å². The molecule has 1 aliphatic carbocycles. The summed E-state index contributed by atoms with van der Waals surface area (Å²) in [4.78, 5) is 27.2. The lowest BCUT2D eigenvalue weighted by Crippen LogP contribution is -2.42. The van der Waals surface area contributed by atoms with Gasteiger partial charge < -0.3 is 15.0 Å². The van der Waals surface area contributed by atoms with E-state index in [1.54, 1.807) is 4.90 Å². The van der Waals surface area contributed by atoms with E-state index < -0.39 is 5.60 Å². The molecule has 33 heavy (non-hydrogen) atoms. The molecular formula is C28H36N2O3. The van der Waals surface area contributed by atoms with Crippen molar-refractivity contribution in [3.63, 3.8) is 0 Å². The van der Waals surface area contributed by atoms with Gasteiger partial charge in [-0.25, -0.2) is 4.79 Å². The standard InChI is InChI=1S/C28H36N2O3/c1-28(2,3)33-27(32)30-17-15-20(16-18-30)19-25(23-7-5-4-6-8-23)29-26(31)24-13-11-22(12-14-24)21-9-10-21/h4-8,11-14,20-21,25H,9-10,15-19H2,1-3H3,(H,29,31). The molecule has 2 amide bonds. The summed E-state index contributed by atoms with van der Waals surface area (Å²) in [6, 6.07) is 18.2. The van der Waals surface area contributed by atoms with E-state index >= 15 is 0 Å². The van der Waals surface area contributed by atoms with Crippen LogP contribution < -0.4 is 5.32 Å². The van der Waals surface area contributed by atoms with Gasteiger partial charge in [-0.1, -0.05) is 42.5 Å². The van der Waals surface area contributed by atoms with Crippen molar-refractivity contribution in [2.24, 2.45) is 5.92 Å². The second kappa shape index (κ2) is 9.98. The van der Waals surface area contributed by atoms with Gasteiger partial charge in [0.2, 0.25) is 0 Å². The first kappa shape index (κ1) is 23.3. The Morgan fingerprint density at radius 2 is 1.61 bits per heavy atom. The van der Waals surface area contributed by atoms with Crippen LogP contribution in [0.3, 0.4) is 0 Å². The van der Waals surface area contributed by atoms with E-state index in [0.29, 0.717) is 30.5 Å². The average molecular weight is 449 g/mol. The van der Waals surface area contributed by atoms with Gasteiger partial charge in [0.05, 0.1) is 6.04 Å². The van der Waals surface area contributed by atoms with Gasteiger partial charge in [0.15, 0.2) is 0 Å². The van der Waals surface area contributed by atoms with E-state index in [-0.39, 0.29) is 18.0 Å². The van der Waals surface area contributed by atoms with Crippen LogP contribution in [0.25, 0.3) is 0 Å². The lowest BCUT2D eigenvalue weighted by molar-refractivity contribution is 0.0178. The van der Waals surface area contributed by atoms with Gasteiger partial charge >= 0.3 is 6.09 Å². The Labute approximate surface area is 197 Å². The van der Waals surface area contributed by atoms with Gasteiger partial charge in [-0.2, -0.15) is 0 Å². The SMILES string of the molecule is CC(C)(C)OC(=O)N1CCC(CC(NC(=O)c2ccc(C3CC3)cc2)c2ccccc2)CC1. The maximum absolute atomic E-state index is 13.1. The smallest absolute Gasteiger partial charge is 0.410 e. The number of hydrogen-bond acceptors (Lipinski definition) is 3. The lowest BCUT2D eigenvalue weighted by Gasteiger charge is -2.35. The Kier molecular flexibility index (Phi) is 7.06. The van der Waals surface area contributed by atoms with Gasteiger partial charge in [0, 0.05) is 18.7 Å². The number of benzene rings is 2. The minimum Gasteiger partial charge on any atom is -0.444 e. The van der Waals surface area contributed by atoms with Crippen LogP contribution in [0, 0.1) is 5.92 Å². The predicted molar refractivity (Wildman–Crippen MR) is 130 cm³/mol.